The highest BCUT2D eigenvalue weighted by Gasteiger charge is 2.32. The summed E-state index contributed by atoms with van der Waals surface area (Å²) in [5, 5.41) is 16.7. The van der Waals surface area contributed by atoms with Crippen LogP contribution in [0.2, 0.25) is 0 Å². The van der Waals surface area contributed by atoms with Crippen LogP contribution in [-0.4, -0.2) is 44.2 Å². The van der Waals surface area contributed by atoms with Gasteiger partial charge in [0.25, 0.3) is 0 Å². The predicted octanol–water partition coefficient (Wildman–Crippen LogP) is 3.86. The lowest BCUT2D eigenvalue weighted by Gasteiger charge is -2.12. The molecule has 0 atom stereocenters. The van der Waals surface area contributed by atoms with Gasteiger partial charge in [0.2, 0.25) is 0 Å². The zero-order valence-corrected chi connectivity index (χ0v) is 16.8. The lowest BCUT2D eigenvalue weighted by molar-refractivity contribution is -0.137. The van der Waals surface area contributed by atoms with Gasteiger partial charge in [-0.25, -0.2) is 0 Å². The Labute approximate surface area is 174 Å². The maximum atomic E-state index is 13.2. The van der Waals surface area contributed by atoms with Crippen LogP contribution in [0.3, 0.4) is 0 Å². The average Bonchev–Trinajstić information content (AvgIpc) is 3.44. The van der Waals surface area contributed by atoms with Crippen LogP contribution in [0.1, 0.15) is 11.1 Å². The molecule has 160 valence electrons. The molecule has 31 heavy (non-hydrogen) atoms. The number of nitrogens with zero attached hydrogens (tertiary/aromatic N) is 6. The molecule has 0 N–H and O–H groups in total. The molecule has 0 spiro atoms. The molecule has 0 radical (unpaired) electrons. The van der Waals surface area contributed by atoms with Crippen molar-refractivity contribution in [2.75, 3.05) is 14.2 Å². The first-order valence-electron chi connectivity index (χ1n) is 9.05. The van der Waals surface area contributed by atoms with Gasteiger partial charge < -0.3 is 9.47 Å². The lowest BCUT2D eigenvalue weighted by atomic mass is 10.1. The number of aromatic nitrogens is 6. The SMILES string of the molecule is COc1cc(C)c(-n2ncc(-c3ccc(C(F)(F)F)cc3-n3nccn3)n2)cc1OC. The molecule has 0 saturated heterocycles. The average molecular weight is 430 g/mol. The van der Waals surface area contributed by atoms with E-state index in [1.165, 1.54) is 43.7 Å². The zero-order chi connectivity index (χ0) is 22.2. The molecule has 0 fully saturated rings. The van der Waals surface area contributed by atoms with E-state index >= 15 is 0 Å². The van der Waals surface area contributed by atoms with Crippen LogP contribution in [0.25, 0.3) is 22.6 Å². The predicted molar refractivity (Wildman–Crippen MR) is 105 cm³/mol. The number of hydrogen-bond donors (Lipinski definition) is 0. The first kappa shape index (κ1) is 20.4. The molecular weight excluding hydrogens is 413 g/mol. The Morgan fingerprint density at radius 1 is 0.839 bits per heavy atom. The van der Waals surface area contributed by atoms with E-state index in [4.69, 9.17) is 9.47 Å². The van der Waals surface area contributed by atoms with Gasteiger partial charge in [0.1, 0.15) is 5.69 Å². The van der Waals surface area contributed by atoms with Gasteiger partial charge in [0, 0.05) is 11.6 Å². The van der Waals surface area contributed by atoms with Crippen molar-refractivity contribution < 1.29 is 22.6 Å². The molecule has 2 aromatic heterocycles. The zero-order valence-electron chi connectivity index (χ0n) is 16.8. The maximum absolute atomic E-state index is 13.2. The fourth-order valence-corrected chi connectivity index (χ4v) is 3.12. The number of halogens is 3. The van der Waals surface area contributed by atoms with Crippen LogP contribution in [0.4, 0.5) is 13.2 Å². The molecule has 11 heteroatoms. The van der Waals surface area contributed by atoms with Crippen LogP contribution in [0.15, 0.2) is 48.9 Å². The summed E-state index contributed by atoms with van der Waals surface area (Å²) in [6.45, 7) is 1.86. The Bertz CT molecular complexity index is 1220. The number of aryl methyl sites for hydroxylation is 1. The fourth-order valence-electron chi connectivity index (χ4n) is 3.12. The van der Waals surface area contributed by atoms with Crippen molar-refractivity contribution in [3.05, 3.63) is 60.0 Å². The quantitative estimate of drug-likeness (QED) is 0.478. The molecule has 8 nitrogen and oxygen atoms in total. The molecule has 2 heterocycles. The third kappa shape index (κ3) is 3.81. The van der Waals surface area contributed by atoms with Crippen LogP contribution in [-0.2, 0) is 6.18 Å². The standard InChI is InChI=1S/C20H17F3N6O2/c1-12-8-18(30-2)19(31-3)10-16(12)29-26-11-15(27-29)14-5-4-13(20(21,22)23)9-17(14)28-24-6-7-25-28/h4-11H,1-3H3. The van der Waals surface area contributed by atoms with Gasteiger partial charge in [0.05, 0.1) is 49.7 Å². The van der Waals surface area contributed by atoms with Crippen molar-refractivity contribution in [1.82, 2.24) is 30.0 Å². The van der Waals surface area contributed by atoms with Crippen molar-refractivity contribution in [1.29, 1.82) is 0 Å². The van der Waals surface area contributed by atoms with Crippen molar-refractivity contribution >= 4 is 0 Å². The Kier molecular flexibility index (Phi) is 5.09. The topological polar surface area (TPSA) is 79.9 Å². The van der Waals surface area contributed by atoms with Gasteiger partial charge in [-0.15, -0.1) is 5.10 Å². The molecule has 4 rings (SSSR count). The second kappa shape index (κ2) is 7.74. The molecule has 0 bridgehead atoms. The van der Waals surface area contributed by atoms with Gasteiger partial charge in [0.15, 0.2) is 11.5 Å². The van der Waals surface area contributed by atoms with E-state index < -0.39 is 11.7 Å². The van der Waals surface area contributed by atoms with Crippen molar-refractivity contribution in [3.8, 4) is 34.1 Å². The first-order valence-corrected chi connectivity index (χ1v) is 9.05. The number of ether oxygens (including phenoxy) is 2. The largest absolute Gasteiger partial charge is 0.493 e. The molecule has 0 aliphatic carbocycles. The first-order chi connectivity index (χ1) is 14.8. The Hall–Kier alpha value is -3.89. The Morgan fingerprint density at radius 3 is 2.16 bits per heavy atom. The smallest absolute Gasteiger partial charge is 0.416 e. The minimum atomic E-state index is -4.51. The minimum absolute atomic E-state index is 0.135. The van der Waals surface area contributed by atoms with E-state index in [1.54, 1.807) is 12.1 Å². The molecule has 0 amide bonds. The van der Waals surface area contributed by atoms with E-state index in [0.29, 0.717) is 28.4 Å². The molecule has 0 aliphatic rings. The van der Waals surface area contributed by atoms with E-state index in [0.717, 1.165) is 22.5 Å². The fraction of sp³-hybridized carbons (Fsp3) is 0.200. The third-order valence-corrected chi connectivity index (χ3v) is 4.64. The summed E-state index contributed by atoms with van der Waals surface area (Å²) in [7, 11) is 3.06. The number of hydrogen-bond acceptors (Lipinski definition) is 6. The molecule has 0 aliphatic heterocycles. The van der Waals surface area contributed by atoms with Crippen LogP contribution in [0, 0.1) is 6.92 Å². The second-order valence-electron chi connectivity index (χ2n) is 6.56. The Balaban J connectivity index is 1.82. The summed E-state index contributed by atoms with van der Waals surface area (Å²) in [4.78, 5) is 2.50. The monoisotopic (exact) mass is 430 g/mol. The highest BCUT2D eigenvalue weighted by Crippen LogP contribution is 2.35. The lowest BCUT2D eigenvalue weighted by Crippen LogP contribution is -2.09. The summed E-state index contributed by atoms with van der Waals surface area (Å²) in [6, 6.07) is 6.81. The van der Waals surface area contributed by atoms with Crippen molar-refractivity contribution in [2.45, 2.75) is 13.1 Å². The van der Waals surface area contributed by atoms with Gasteiger partial charge >= 0.3 is 6.18 Å². The normalized spacial score (nSPS) is 11.5. The van der Waals surface area contributed by atoms with Crippen molar-refractivity contribution in [2.24, 2.45) is 0 Å². The van der Waals surface area contributed by atoms with Gasteiger partial charge in [-0.2, -0.15) is 38.1 Å². The molecule has 2 aromatic carbocycles. The summed E-state index contributed by atoms with van der Waals surface area (Å²) in [5.74, 6) is 1.06. The van der Waals surface area contributed by atoms with Gasteiger partial charge in [-0.1, -0.05) is 0 Å². The summed E-state index contributed by atoms with van der Waals surface area (Å²) >= 11 is 0. The highest BCUT2D eigenvalue weighted by atomic mass is 19.4. The number of methoxy groups -OCH3 is 2. The van der Waals surface area contributed by atoms with Gasteiger partial charge in [-0.05, 0) is 36.8 Å². The van der Waals surface area contributed by atoms with Crippen LogP contribution >= 0.6 is 0 Å². The number of rotatable bonds is 5. The van der Waals surface area contributed by atoms with E-state index in [2.05, 4.69) is 20.4 Å². The minimum Gasteiger partial charge on any atom is -0.493 e. The second-order valence-corrected chi connectivity index (χ2v) is 6.56. The van der Waals surface area contributed by atoms with Gasteiger partial charge in [-0.3, -0.25) is 0 Å². The molecule has 0 unspecified atom stereocenters. The summed E-state index contributed by atoms with van der Waals surface area (Å²) in [6.07, 6.45) is -0.275. The molecule has 0 saturated carbocycles. The highest BCUT2D eigenvalue weighted by molar-refractivity contribution is 5.70. The van der Waals surface area contributed by atoms with Crippen LogP contribution < -0.4 is 9.47 Å². The molecular formula is C20H17F3N6O2. The van der Waals surface area contributed by atoms with Crippen molar-refractivity contribution in [3.63, 3.8) is 0 Å². The Morgan fingerprint density at radius 2 is 1.52 bits per heavy atom. The summed E-state index contributed by atoms with van der Waals surface area (Å²) < 4.78 is 50.4. The summed E-state index contributed by atoms with van der Waals surface area (Å²) in [5.41, 5.74) is 1.53. The molecule has 4 aromatic rings. The van der Waals surface area contributed by atoms with Crippen LogP contribution in [0.5, 0.6) is 11.5 Å². The van der Waals surface area contributed by atoms with E-state index in [-0.39, 0.29) is 5.69 Å². The number of benzene rings is 2. The van der Waals surface area contributed by atoms with E-state index in [1.807, 2.05) is 6.92 Å². The third-order valence-electron chi connectivity index (χ3n) is 4.64. The number of alkyl halides is 3. The maximum Gasteiger partial charge on any atom is 0.416 e. The van der Waals surface area contributed by atoms with E-state index in [9.17, 15) is 13.2 Å².